The topological polar surface area (TPSA) is 90.2 Å². The van der Waals surface area contributed by atoms with E-state index in [-0.39, 0.29) is 0 Å². The van der Waals surface area contributed by atoms with Crippen molar-refractivity contribution < 1.29 is 25.2 Å². The quantitative estimate of drug-likeness (QED) is 0.654. The molecule has 0 aromatic heterocycles. The molecule has 2 aromatic carbocycles. The van der Waals surface area contributed by atoms with Gasteiger partial charge in [0.1, 0.15) is 30.0 Å². The smallest absolute Gasteiger partial charge is 0.119 e. The number of aliphatic hydroxyl groups is 4. The standard InChI is InChI=1S/C22H28O5/c1-13-4-7-15(8-5-13)10-16-11-17(9-6-14(16)2)22(3)21(26)20(25)19(24)18(12-23)27-22/h4-9,11,18-21,23-26H,10,12H2,1-3H3. The summed E-state index contributed by atoms with van der Waals surface area (Å²) in [4.78, 5) is 0. The molecule has 5 atom stereocenters. The van der Waals surface area contributed by atoms with Crippen molar-refractivity contribution in [1.29, 1.82) is 0 Å². The van der Waals surface area contributed by atoms with Crippen LogP contribution in [0.25, 0.3) is 0 Å². The Labute approximate surface area is 159 Å². The molecule has 1 aliphatic heterocycles. The Hall–Kier alpha value is -1.76. The second kappa shape index (κ2) is 7.70. The molecule has 3 rings (SSSR count). The van der Waals surface area contributed by atoms with E-state index in [0.29, 0.717) is 5.56 Å². The molecule has 2 aromatic rings. The average molecular weight is 372 g/mol. The molecule has 146 valence electrons. The minimum atomic E-state index is -1.40. The van der Waals surface area contributed by atoms with Crippen LogP contribution in [-0.4, -0.2) is 51.4 Å². The Bertz CT molecular complexity index is 786. The number of hydrogen-bond donors (Lipinski definition) is 4. The van der Waals surface area contributed by atoms with Gasteiger partial charge in [-0.15, -0.1) is 0 Å². The number of hydrogen-bond acceptors (Lipinski definition) is 5. The summed E-state index contributed by atoms with van der Waals surface area (Å²) >= 11 is 0. The largest absolute Gasteiger partial charge is 0.394 e. The van der Waals surface area contributed by atoms with Crippen LogP contribution in [-0.2, 0) is 16.8 Å². The molecule has 0 spiro atoms. The first-order valence-corrected chi connectivity index (χ1v) is 9.24. The molecule has 1 aliphatic rings. The summed E-state index contributed by atoms with van der Waals surface area (Å²) in [6, 6.07) is 14.1. The van der Waals surface area contributed by atoms with E-state index < -0.39 is 36.6 Å². The summed E-state index contributed by atoms with van der Waals surface area (Å²) in [7, 11) is 0. The van der Waals surface area contributed by atoms with Crippen LogP contribution in [0.2, 0.25) is 0 Å². The molecule has 27 heavy (non-hydrogen) atoms. The van der Waals surface area contributed by atoms with E-state index in [0.717, 1.165) is 17.5 Å². The fourth-order valence-electron chi connectivity index (χ4n) is 3.67. The van der Waals surface area contributed by atoms with E-state index in [1.54, 1.807) is 6.92 Å². The molecule has 0 aliphatic carbocycles. The average Bonchev–Trinajstić information content (AvgIpc) is 2.66. The highest BCUT2D eigenvalue weighted by atomic mass is 16.6. The third kappa shape index (κ3) is 3.79. The summed E-state index contributed by atoms with van der Waals surface area (Å²) in [5.74, 6) is 0. The molecular formula is C22H28O5. The first-order chi connectivity index (χ1) is 12.8. The molecule has 5 heteroatoms. The van der Waals surface area contributed by atoms with Gasteiger partial charge in [-0.1, -0.05) is 48.0 Å². The first-order valence-electron chi connectivity index (χ1n) is 9.24. The summed E-state index contributed by atoms with van der Waals surface area (Å²) < 4.78 is 5.85. The van der Waals surface area contributed by atoms with E-state index in [1.165, 1.54) is 11.1 Å². The van der Waals surface area contributed by atoms with Gasteiger partial charge in [0.15, 0.2) is 0 Å². The van der Waals surface area contributed by atoms with Gasteiger partial charge in [0.25, 0.3) is 0 Å². The molecule has 0 saturated carbocycles. The van der Waals surface area contributed by atoms with Crippen LogP contribution in [0.5, 0.6) is 0 Å². The number of aryl methyl sites for hydroxylation is 2. The lowest BCUT2D eigenvalue weighted by molar-refractivity contribution is -0.273. The van der Waals surface area contributed by atoms with Crippen LogP contribution >= 0.6 is 0 Å². The lowest BCUT2D eigenvalue weighted by Crippen LogP contribution is -2.62. The van der Waals surface area contributed by atoms with Gasteiger partial charge in [-0.2, -0.15) is 0 Å². The number of benzene rings is 2. The number of aliphatic hydroxyl groups excluding tert-OH is 4. The maximum Gasteiger partial charge on any atom is 0.119 e. The van der Waals surface area contributed by atoms with Crippen molar-refractivity contribution >= 4 is 0 Å². The SMILES string of the molecule is Cc1ccc(Cc2cc(C3(C)OC(CO)C(O)C(O)C3O)ccc2C)cc1. The van der Waals surface area contributed by atoms with Crippen LogP contribution in [0.1, 0.15) is 34.7 Å². The highest BCUT2D eigenvalue weighted by Gasteiger charge is 2.51. The van der Waals surface area contributed by atoms with Crippen molar-refractivity contribution in [2.24, 2.45) is 0 Å². The highest BCUT2D eigenvalue weighted by molar-refractivity contribution is 5.39. The summed E-state index contributed by atoms with van der Waals surface area (Å²) in [5, 5.41) is 40.3. The zero-order valence-electron chi connectivity index (χ0n) is 16.0. The van der Waals surface area contributed by atoms with E-state index in [4.69, 9.17) is 4.74 Å². The van der Waals surface area contributed by atoms with Crippen molar-refractivity contribution in [3.05, 3.63) is 70.3 Å². The molecule has 0 amide bonds. The van der Waals surface area contributed by atoms with Gasteiger partial charge >= 0.3 is 0 Å². The molecule has 1 heterocycles. The summed E-state index contributed by atoms with van der Waals surface area (Å²) in [5.41, 5.74) is 4.06. The van der Waals surface area contributed by atoms with Gasteiger partial charge in [-0.3, -0.25) is 0 Å². The van der Waals surface area contributed by atoms with Gasteiger partial charge in [0.05, 0.1) is 6.61 Å². The van der Waals surface area contributed by atoms with E-state index in [2.05, 4.69) is 31.2 Å². The third-order valence-electron chi connectivity index (χ3n) is 5.63. The number of rotatable bonds is 4. The van der Waals surface area contributed by atoms with Crippen LogP contribution in [0.4, 0.5) is 0 Å². The van der Waals surface area contributed by atoms with Crippen LogP contribution in [0.3, 0.4) is 0 Å². The molecule has 5 nitrogen and oxygen atoms in total. The van der Waals surface area contributed by atoms with Crippen LogP contribution in [0.15, 0.2) is 42.5 Å². The van der Waals surface area contributed by atoms with Gasteiger partial charge < -0.3 is 25.2 Å². The van der Waals surface area contributed by atoms with Crippen molar-refractivity contribution in [3.8, 4) is 0 Å². The maximum absolute atomic E-state index is 10.6. The van der Waals surface area contributed by atoms with E-state index in [1.807, 2.05) is 25.1 Å². The van der Waals surface area contributed by atoms with Crippen molar-refractivity contribution in [2.45, 2.75) is 57.2 Å². The summed E-state index contributed by atoms with van der Waals surface area (Å²) in [6.07, 6.45) is -4.28. The molecule has 5 unspecified atom stereocenters. The second-order valence-corrected chi connectivity index (χ2v) is 7.68. The lowest BCUT2D eigenvalue weighted by atomic mass is 9.80. The molecule has 1 fully saturated rings. The van der Waals surface area contributed by atoms with E-state index in [9.17, 15) is 20.4 Å². The molecule has 0 radical (unpaired) electrons. The minimum Gasteiger partial charge on any atom is -0.394 e. The van der Waals surface area contributed by atoms with Crippen molar-refractivity contribution in [1.82, 2.24) is 0 Å². The Morgan fingerprint density at radius 3 is 2.26 bits per heavy atom. The first kappa shape index (κ1) is 20.0. The van der Waals surface area contributed by atoms with Gasteiger partial charge in [-0.25, -0.2) is 0 Å². The summed E-state index contributed by atoms with van der Waals surface area (Å²) in [6.45, 7) is 5.32. The van der Waals surface area contributed by atoms with Crippen LogP contribution in [0, 0.1) is 13.8 Å². The molecule has 4 N–H and O–H groups in total. The highest BCUT2D eigenvalue weighted by Crippen LogP contribution is 2.39. The normalized spacial score (nSPS) is 31.1. The molecular weight excluding hydrogens is 344 g/mol. The van der Waals surface area contributed by atoms with Crippen LogP contribution < -0.4 is 0 Å². The Balaban J connectivity index is 1.95. The fourth-order valence-corrected chi connectivity index (χ4v) is 3.67. The second-order valence-electron chi connectivity index (χ2n) is 7.68. The van der Waals surface area contributed by atoms with Gasteiger partial charge in [-0.05, 0) is 49.4 Å². The van der Waals surface area contributed by atoms with Gasteiger partial charge in [0.2, 0.25) is 0 Å². The third-order valence-corrected chi connectivity index (χ3v) is 5.63. The predicted octanol–water partition coefficient (Wildman–Crippen LogP) is 1.58. The Kier molecular flexibility index (Phi) is 5.70. The fraction of sp³-hybridized carbons (Fsp3) is 0.455. The Morgan fingerprint density at radius 1 is 0.963 bits per heavy atom. The van der Waals surface area contributed by atoms with Crippen molar-refractivity contribution in [3.63, 3.8) is 0 Å². The van der Waals surface area contributed by atoms with Crippen molar-refractivity contribution in [2.75, 3.05) is 6.61 Å². The zero-order valence-corrected chi connectivity index (χ0v) is 16.0. The minimum absolute atomic E-state index is 0.442. The zero-order chi connectivity index (χ0) is 19.8. The van der Waals surface area contributed by atoms with E-state index >= 15 is 0 Å². The lowest BCUT2D eigenvalue weighted by Gasteiger charge is -2.47. The molecule has 1 saturated heterocycles. The maximum atomic E-state index is 10.6. The molecule has 0 bridgehead atoms. The Morgan fingerprint density at radius 2 is 1.63 bits per heavy atom. The monoisotopic (exact) mass is 372 g/mol. The predicted molar refractivity (Wildman–Crippen MR) is 102 cm³/mol. The number of ether oxygens (including phenoxy) is 1. The van der Waals surface area contributed by atoms with Gasteiger partial charge in [0, 0.05) is 0 Å².